The molecule has 3 aromatic rings. The molecule has 1 aliphatic heterocycles. The van der Waals surface area contributed by atoms with Gasteiger partial charge < -0.3 is 10.2 Å². The van der Waals surface area contributed by atoms with Crippen molar-refractivity contribution in [2.24, 2.45) is 0 Å². The van der Waals surface area contributed by atoms with E-state index in [1.165, 1.54) is 5.56 Å². The summed E-state index contributed by atoms with van der Waals surface area (Å²) in [6.07, 6.45) is 5.82. The zero-order chi connectivity index (χ0) is 19.1. The number of anilines is 1. The number of aromatic nitrogens is 3. The number of pyridine rings is 1. The number of hydrogen-bond acceptors (Lipinski definition) is 5. The smallest absolute Gasteiger partial charge is 0.252 e. The molecule has 2 aliphatic rings. The van der Waals surface area contributed by atoms with Gasteiger partial charge in [-0.2, -0.15) is 0 Å². The van der Waals surface area contributed by atoms with Crippen molar-refractivity contribution in [2.75, 3.05) is 11.4 Å². The van der Waals surface area contributed by atoms with Gasteiger partial charge in [-0.15, -0.1) is 0 Å². The fourth-order valence-electron chi connectivity index (χ4n) is 3.71. The van der Waals surface area contributed by atoms with Gasteiger partial charge in [0.05, 0.1) is 23.3 Å². The molecule has 1 saturated carbocycles. The number of para-hydroxylation sites is 1. The lowest BCUT2D eigenvalue weighted by molar-refractivity contribution is 0.0952. The van der Waals surface area contributed by atoms with Crippen LogP contribution in [0.3, 0.4) is 0 Å². The highest BCUT2D eigenvalue weighted by Gasteiger charge is 2.26. The summed E-state index contributed by atoms with van der Waals surface area (Å²) in [7, 11) is 0. The highest BCUT2D eigenvalue weighted by Crippen LogP contribution is 2.28. The van der Waals surface area contributed by atoms with Crippen molar-refractivity contribution < 1.29 is 4.79 Å². The fourth-order valence-corrected chi connectivity index (χ4v) is 3.71. The monoisotopic (exact) mass is 373 g/mol. The maximum absolute atomic E-state index is 12.8. The van der Waals surface area contributed by atoms with E-state index in [2.05, 4.69) is 22.1 Å². The lowest BCUT2D eigenvalue weighted by Crippen LogP contribution is -2.33. The Balaban J connectivity index is 1.52. The number of benzene rings is 1. The fraction of sp³-hybridized carbons (Fsp3) is 0.364. The average Bonchev–Trinajstić information content (AvgIpc) is 3.56. The van der Waals surface area contributed by atoms with E-state index in [1.54, 1.807) is 0 Å². The summed E-state index contributed by atoms with van der Waals surface area (Å²) in [6, 6.07) is 10.1. The summed E-state index contributed by atoms with van der Waals surface area (Å²) >= 11 is 0. The maximum atomic E-state index is 12.8. The first-order valence-corrected chi connectivity index (χ1v) is 10.0. The van der Waals surface area contributed by atoms with Gasteiger partial charge in [0.1, 0.15) is 11.6 Å². The Morgan fingerprint density at radius 3 is 2.93 bits per heavy atom. The zero-order valence-corrected chi connectivity index (χ0v) is 16.0. The predicted octanol–water partition coefficient (Wildman–Crippen LogP) is 3.04. The molecule has 5 rings (SSSR count). The normalized spacial score (nSPS) is 16.1. The molecule has 3 heterocycles. The van der Waals surface area contributed by atoms with Gasteiger partial charge in [-0.25, -0.2) is 15.0 Å². The third-order valence-electron chi connectivity index (χ3n) is 5.50. The van der Waals surface area contributed by atoms with Gasteiger partial charge >= 0.3 is 0 Å². The number of nitrogens with one attached hydrogen (secondary N) is 1. The van der Waals surface area contributed by atoms with Crippen molar-refractivity contribution in [3.8, 4) is 0 Å². The van der Waals surface area contributed by atoms with Crippen LogP contribution in [0.1, 0.15) is 47.2 Å². The van der Waals surface area contributed by atoms with Gasteiger partial charge in [-0.3, -0.25) is 4.79 Å². The van der Waals surface area contributed by atoms with Crippen LogP contribution in [0.2, 0.25) is 0 Å². The van der Waals surface area contributed by atoms with E-state index in [0.717, 1.165) is 60.5 Å². The third-order valence-corrected chi connectivity index (χ3v) is 5.50. The highest BCUT2D eigenvalue weighted by molar-refractivity contribution is 6.07. The van der Waals surface area contributed by atoms with Gasteiger partial charge in [-0.1, -0.05) is 25.1 Å². The molecular formula is C22H23N5O. The molecular weight excluding hydrogens is 350 g/mol. The number of fused-ring (bicyclic) bond motifs is 2. The van der Waals surface area contributed by atoms with E-state index in [9.17, 15) is 4.79 Å². The molecule has 0 bridgehead atoms. The van der Waals surface area contributed by atoms with Crippen LogP contribution in [0.25, 0.3) is 10.9 Å². The Morgan fingerprint density at radius 2 is 2.11 bits per heavy atom. The van der Waals surface area contributed by atoms with Crippen LogP contribution in [0.4, 0.5) is 5.82 Å². The number of amides is 1. The molecule has 6 heteroatoms. The number of aryl methyl sites for hydroxylation is 1. The number of rotatable bonds is 4. The molecule has 1 fully saturated rings. The van der Waals surface area contributed by atoms with Crippen molar-refractivity contribution in [1.29, 1.82) is 0 Å². The largest absolute Gasteiger partial charge is 0.350 e. The molecule has 1 amide bonds. The maximum Gasteiger partial charge on any atom is 0.252 e. The SMILES string of the molecule is CCc1ncc2c(n1)CN(c1cc(C(=O)NC3CC3)c3ccccc3n1)CC2. The Morgan fingerprint density at radius 1 is 1.25 bits per heavy atom. The van der Waals surface area contributed by atoms with Crippen molar-refractivity contribution in [2.45, 2.75) is 45.2 Å². The Hall–Kier alpha value is -3.02. The van der Waals surface area contributed by atoms with Gasteiger partial charge in [0.25, 0.3) is 5.91 Å². The van der Waals surface area contributed by atoms with E-state index < -0.39 is 0 Å². The van der Waals surface area contributed by atoms with E-state index in [4.69, 9.17) is 9.97 Å². The summed E-state index contributed by atoms with van der Waals surface area (Å²) in [6.45, 7) is 3.61. The van der Waals surface area contributed by atoms with Crippen molar-refractivity contribution in [3.63, 3.8) is 0 Å². The van der Waals surface area contributed by atoms with Crippen molar-refractivity contribution >= 4 is 22.6 Å². The quantitative estimate of drug-likeness (QED) is 0.761. The minimum atomic E-state index is -0.00430. The molecule has 0 unspecified atom stereocenters. The average molecular weight is 373 g/mol. The van der Waals surface area contributed by atoms with Crippen molar-refractivity contribution in [3.05, 3.63) is 59.2 Å². The first-order chi connectivity index (χ1) is 13.7. The highest BCUT2D eigenvalue weighted by atomic mass is 16.1. The number of carbonyl (C=O) groups excluding carboxylic acids is 1. The van der Waals surface area contributed by atoms with Gasteiger partial charge in [0, 0.05) is 30.6 Å². The number of nitrogens with zero attached hydrogens (tertiary/aromatic N) is 4. The molecule has 2 aromatic heterocycles. The van der Waals surface area contributed by atoms with Gasteiger partial charge in [-0.05, 0) is 37.0 Å². The molecule has 0 spiro atoms. The molecule has 142 valence electrons. The minimum Gasteiger partial charge on any atom is -0.350 e. The van der Waals surface area contributed by atoms with Crippen LogP contribution in [-0.4, -0.2) is 33.4 Å². The van der Waals surface area contributed by atoms with Crippen molar-refractivity contribution in [1.82, 2.24) is 20.3 Å². The lowest BCUT2D eigenvalue weighted by Gasteiger charge is -2.29. The second-order valence-electron chi connectivity index (χ2n) is 7.58. The van der Waals surface area contributed by atoms with Crippen LogP contribution in [0, 0.1) is 0 Å². The van der Waals surface area contributed by atoms with Crippen LogP contribution in [0.15, 0.2) is 36.5 Å². The van der Waals surface area contributed by atoms with Gasteiger partial charge in [0.2, 0.25) is 0 Å². The molecule has 0 radical (unpaired) electrons. The topological polar surface area (TPSA) is 71.0 Å². The zero-order valence-electron chi connectivity index (χ0n) is 16.0. The summed E-state index contributed by atoms with van der Waals surface area (Å²) in [5.74, 6) is 1.70. The molecule has 0 saturated heterocycles. The molecule has 1 aromatic carbocycles. The summed E-state index contributed by atoms with van der Waals surface area (Å²) in [5.41, 5.74) is 3.83. The van der Waals surface area contributed by atoms with E-state index in [1.807, 2.05) is 36.5 Å². The summed E-state index contributed by atoms with van der Waals surface area (Å²) in [4.78, 5) is 29.1. The minimum absolute atomic E-state index is 0.00430. The molecule has 28 heavy (non-hydrogen) atoms. The van der Waals surface area contributed by atoms with E-state index in [-0.39, 0.29) is 5.91 Å². The van der Waals surface area contributed by atoms with E-state index >= 15 is 0 Å². The first kappa shape index (κ1) is 17.1. The molecule has 1 aliphatic carbocycles. The predicted molar refractivity (Wildman–Crippen MR) is 108 cm³/mol. The van der Waals surface area contributed by atoms with Crippen LogP contribution >= 0.6 is 0 Å². The second kappa shape index (κ2) is 6.86. The summed E-state index contributed by atoms with van der Waals surface area (Å²) in [5, 5.41) is 4.02. The molecule has 6 nitrogen and oxygen atoms in total. The second-order valence-corrected chi connectivity index (χ2v) is 7.58. The Bertz CT molecular complexity index is 1060. The van der Waals surface area contributed by atoms with Crippen LogP contribution < -0.4 is 10.2 Å². The Kier molecular flexibility index (Phi) is 4.19. The summed E-state index contributed by atoms with van der Waals surface area (Å²) < 4.78 is 0. The van der Waals surface area contributed by atoms with E-state index in [0.29, 0.717) is 18.2 Å². The van der Waals surface area contributed by atoms with Crippen LogP contribution in [0.5, 0.6) is 0 Å². The number of carbonyl (C=O) groups is 1. The van der Waals surface area contributed by atoms with Crippen LogP contribution in [-0.2, 0) is 19.4 Å². The number of hydrogen-bond donors (Lipinski definition) is 1. The lowest BCUT2D eigenvalue weighted by atomic mass is 10.0. The molecule has 0 atom stereocenters. The molecule has 1 N–H and O–H groups in total. The Labute approximate surface area is 164 Å². The standard InChI is InChI=1S/C22H23N5O/c1-2-20-23-12-14-9-10-27(13-19(14)25-20)21-11-17(22(28)24-15-7-8-15)16-5-3-4-6-18(16)26-21/h3-6,11-12,15H,2,7-10,13H2,1H3,(H,24,28). The van der Waals surface area contributed by atoms with Gasteiger partial charge in [0.15, 0.2) is 0 Å². The third kappa shape index (κ3) is 3.19. The first-order valence-electron chi connectivity index (χ1n) is 10.0.